The number of alkyl halides is 1. The monoisotopic (exact) mass is 527 g/mol. The van der Waals surface area contributed by atoms with Gasteiger partial charge in [-0.15, -0.1) is 0 Å². The first-order valence-corrected chi connectivity index (χ1v) is 9.83. The number of fused-ring (bicyclic) bond motifs is 3. The summed E-state index contributed by atoms with van der Waals surface area (Å²) >= 11 is 9.64. The third kappa shape index (κ3) is 2.49. The molecule has 110 valence electrons. The number of nitrogens with zero attached hydrogens (tertiary/aromatic N) is 1. The molecule has 0 amide bonds. The van der Waals surface area contributed by atoms with Crippen LogP contribution in [0.2, 0.25) is 0 Å². The van der Waals surface area contributed by atoms with E-state index in [1.165, 1.54) is 31.4 Å². The molecule has 0 saturated carbocycles. The molecule has 0 N–H and O–H groups in total. The van der Waals surface area contributed by atoms with E-state index in [0.717, 1.165) is 10.9 Å². The molecule has 22 heavy (non-hydrogen) atoms. The summed E-state index contributed by atoms with van der Waals surface area (Å²) in [6.45, 7) is 0. The predicted octanol–water partition coefficient (Wildman–Crippen LogP) is 6.33. The Kier molecular flexibility index (Phi) is 3.95. The topological polar surface area (TPSA) is 4.93 Å². The van der Waals surface area contributed by atoms with Gasteiger partial charge in [-0.3, -0.25) is 0 Å². The van der Waals surface area contributed by atoms with Gasteiger partial charge in [0.1, 0.15) is 0 Å². The SMILES string of the molecule is Brc1ccc(-n2c3c(c4cc(I)ccc42)C[C@H](Br)C=C3)cc1. The normalized spacial score (nSPS) is 17.0. The highest BCUT2D eigenvalue weighted by molar-refractivity contribution is 14.1. The van der Waals surface area contributed by atoms with Gasteiger partial charge < -0.3 is 4.57 Å². The van der Waals surface area contributed by atoms with E-state index in [4.69, 9.17) is 0 Å². The van der Waals surface area contributed by atoms with Crippen LogP contribution in [0.25, 0.3) is 22.7 Å². The summed E-state index contributed by atoms with van der Waals surface area (Å²) in [5.74, 6) is 0. The van der Waals surface area contributed by atoms with E-state index in [9.17, 15) is 0 Å². The van der Waals surface area contributed by atoms with Crippen molar-refractivity contribution < 1.29 is 0 Å². The first kappa shape index (κ1) is 15.0. The maximum absolute atomic E-state index is 3.73. The van der Waals surface area contributed by atoms with E-state index < -0.39 is 0 Å². The number of benzene rings is 2. The van der Waals surface area contributed by atoms with Crippen molar-refractivity contribution >= 4 is 71.4 Å². The summed E-state index contributed by atoms with van der Waals surface area (Å²) in [6, 6.07) is 15.2. The Morgan fingerprint density at radius 2 is 1.86 bits per heavy atom. The lowest BCUT2D eigenvalue weighted by Gasteiger charge is -2.14. The number of hydrogen-bond acceptors (Lipinski definition) is 0. The van der Waals surface area contributed by atoms with Gasteiger partial charge in [-0.05, 0) is 83.1 Å². The molecule has 1 nitrogen and oxygen atoms in total. The first-order valence-electron chi connectivity index (χ1n) is 7.04. The molecule has 3 aromatic rings. The van der Waals surface area contributed by atoms with E-state index in [1.54, 1.807) is 0 Å². The Balaban J connectivity index is 2.07. The van der Waals surface area contributed by atoms with Gasteiger partial charge in [0.05, 0.1) is 5.52 Å². The maximum Gasteiger partial charge on any atom is 0.0538 e. The summed E-state index contributed by atoms with van der Waals surface area (Å²) in [5, 5.41) is 1.36. The van der Waals surface area contributed by atoms with Crippen molar-refractivity contribution in [2.24, 2.45) is 0 Å². The van der Waals surface area contributed by atoms with Crippen molar-refractivity contribution in [3.63, 3.8) is 0 Å². The van der Waals surface area contributed by atoms with Crippen molar-refractivity contribution in [3.8, 4) is 5.69 Å². The van der Waals surface area contributed by atoms with E-state index >= 15 is 0 Å². The van der Waals surface area contributed by atoms with E-state index in [0.29, 0.717) is 4.83 Å². The van der Waals surface area contributed by atoms with E-state index in [2.05, 4.69) is 114 Å². The van der Waals surface area contributed by atoms with Crippen molar-refractivity contribution in [3.05, 3.63) is 67.8 Å². The van der Waals surface area contributed by atoms with Crippen molar-refractivity contribution in [1.82, 2.24) is 4.57 Å². The molecule has 0 unspecified atom stereocenters. The summed E-state index contributed by atoms with van der Waals surface area (Å²) in [7, 11) is 0. The van der Waals surface area contributed by atoms with Crippen LogP contribution in [0.4, 0.5) is 0 Å². The molecule has 4 rings (SSSR count). The Labute approximate surface area is 159 Å². The smallest absolute Gasteiger partial charge is 0.0538 e. The number of aromatic nitrogens is 1. The minimum Gasteiger partial charge on any atom is -0.310 e. The second-order valence-electron chi connectivity index (χ2n) is 5.42. The van der Waals surface area contributed by atoms with Gasteiger partial charge in [-0.25, -0.2) is 0 Å². The molecular weight excluding hydrogens is 517 g/mol. The molecule has 0 fully saturated rings. The Bertz CT molecular complexity index is 894. The maximum atomic E-state index is 3.73. The molecule has 2 aromatic carbocycles. The van der Waals surface area contributed by atoms with Crippen LogP contribution in [-0.2, 0) is 6.42 Å². The largest absolute Gasteiger partial charge is 0.310 e. The molecule has 1 aromatic heterocycles. The minimum absolute atomic E-state index is 0.418. The Morgan fingerprint density at radius 3 is 2.64 bits per heavy atom. The lowest BCUT2D eigenvalue weighted by molar-refractivity contribution is 0.992. The van der Waals surface area contributed by atoms with Crippen LogP contribution >= 0.6 is 54.5 Å². The van der Waals surface area contributed by atoms with Gasteiger partial charge >= 0.3 is 0 Å². The minimum atomic E-state index is 0.418. The molecule has 1 aliphatic carbocycles. The third-order valence-electron chi connectivity index (χ3n) is 4.02. The summed E-state index contributed by atoms with van der Waals surface area (Å²) in [5.41, 5.74) is 5.21. The van der Waals surface area contributed by atoms with Crippen LogP contribution < -0.4 is 0 Å². The number of rotatable bonds is 1. The number of allylic oxidation sites excluding steroid dienone is 1. The molecule has 1 heterocycles. The van der Waals surface area contributed by atoms with E-state index in [-0.39, 0.29) is 0 Å². The highest BCUT2D eigenvalue weighted by atomic mass is 127. The van der Waals surface area contributed by atoms with Gasteiger partial charge in [0, 0.05) is 29.6 Å². The van der Waals surface area contributed by atoms with Crippen LogP contribution in [-0.4, -0.2) is 9.39 Å². The fraction of sp³-hybridized carbons (Fsp3) is 0.111. The molecule has 0 saturated heterocycles. The number of halogens is 3. The molecule has 0 bridgehead atoms. The molecule has 1 atom stereocenters. The highest BCUT2D eigenvalue weighted by Crippen LogP contribution is 2.36. The Morgan fingerprint density at radius 1 is 1.09 bits per heavy atom. The van der Waals surface area contributed by atoms with Crippen LogP contribution in [0.15, 0.2) is 53.0 Å². The molecule has 0 radical (unpaired) electrons. The first-order chi connectivity index (χ1) is 10.6. The zero-order valence-electron chi connectivity index (χ0n) is 11.6. The van der Waals surface area contributed by atoms with Gasteiger partial charge in [0.2, 0.25) is 0 Å². The molecule has 0 aliphatic heterocycles. The van der Waals surface area contributed by atoms with E-state index in [1.807, 2.05) is 0 Å². The second kappa shape index (κ2) is 5.80. The lowest BCUT2D eigenvalue weighted by Crippen LogP contribution is -2.06. The molecule has 1 aliphatic rings. The average Bonchev–Trinajstić information content (AvgIpc) is 2.81. The molecular formula is C18H12Br2IN. The van der Waals surface area contributed by atoms with Crippen LogP contribution in [0.1, 0.15) is 11.3 Å². The quantitative estimate of drug-likeness (QED) is 0.257. The Hall–Kier alpha value is -0.590. The fourth-order valence-electron chi connectivity index (χ4n) is 3.06. The summed E-state index contributed by atoms with van der Waals surface area (Å²) in [6.07, 6.45) is 5.51. The fourth-order valence-corrected chi connectivity index (χ4v) is 4.30. The average molecular weight is 529 g/mol. The summed E-state index contributed by atoms with van der Waals surface area (Å²) < 4.78 is 4.75. The molecule has 0 spiro atoms. The molecule has 4 heteroatoms. The highest BCUT2D eigenvalue weighted by Gasteiger charge is 2.21. The van der Waals surface area contributed by atoms with Gasteiger partial charge in [0.15, 0.2) is 0 Å². The van der Waals surface area contributed by atoms with Crippen molar-refractivity contribution in [1.29, 1.82) is 0 Å². The van der Waals surface area contributed by atoms with Crippen molar-refractivity contribution in [2.45, 2.75) is 11.2 Å². The van der Waals surface area contributed by atoms with Crippen LogP contribution in [0.5, 0.6) is 0 Å². The zero-order valence-corrected chi connectivity index (χ0v) is 16.9. The predicted molar refractivity (Wildman–Crippen MR) is 109 cm³/mol. The van der Waals surface area contributed by atoms with Gasteiger partial charge in [0.25, 0.3) is 0 Å². The standard InChI is InChI=1S/C18H12Br2IN/c19-11-1-5-14(6-2-11)22-17-7-3-12(20)9-15(17)16-10-13(21)4-8-18(16)22/h1-8,10,12H,9H2/t12-/m1/s1. The zero-order chi connectivity index (χ0) is 15.3. The number of hydrogen-bond donors (Lipinski definition) is 0. The van der Waals surface area contributed by atoms with Crippen LogP contribution in [0.3, 0.4) is 0 Å². The summed E-state index contributed by atoms with van der Waals surface area (Å²) in [4.78, 5) is 0.418. The van der Waals surface area contributed by atoms with Gasteiger partial charge in [-0.2, -0.15) is 0 Å². The third-order valence-corrected chi connectivity index (χ3v) is 5.85. The lowest BCUT2D eigenvalue weighted by atomic mass is 10.0. The van der Waals surface area contributed by atoms with Gasteiger partial charge in [-0.1, -0.05) is 37.9 Å². The van der Waals surface area contributed by atoms with Crippen molar-refractivity contribution in [2.75, 3.05) is 0 Å². The second-order valence-corrected chi connectivity index (χ2v) is 8.75. The van der Waals surface area contributed by atoms with Crippen LogP contribution in [0, 0.1) is 3.57 Å².